The molecule has 6 unspecified atom stereocenters. The quantitative estimate of drug-likeness (QED) is 0.0114. The number of fused-ring (bicyclic) bond motifs is 6. The summed E-state index contributed by atoms with van der Waals surface area (Å²) in [6.45, 7) is 17.9. The fourth-order valence-corrected chi connectivity index (χ4v) is 15.1. The van der Waals surface area contributed by atoms with Gasteiger partial charge in [-0.25, -0.2) is 19.1 Å². The molecular formula is C72H94N12O18P2. The first-order valence-corrected chi connectivity index (χ1v) is 37.8. The number of nitrogens with one attached hydrogen (secondary N) is 4. The van der Waals surface area contributed by atoms with Crippen molar-refractivity contribution >= 4 is 83.2 Å². The third kappa shape index (κ3) is 18.8. The van der Waals surface area contributed by atoms with Crippen LogP contribution in [0.3, 0.4) is 0 Å². The largest absolute Gasteiger partial charge is 0.476 e. The molecule has 8 aromatic rings. The van der Waals surface area contributed by atoms with E-state index < -0.39 is 101 Å². The van der Waals surface area contributed by atoms with Crippen LogP contribution in [-0.4, -0.2) is 173 Å². The third-order valence-corrected chi connectivity index (χ3v) is 20.5. The highest BCUT2D eigenvalue weighted by Crippen LogP contribution is 2.51. The fraction of sp³-hybridized carbons (Fsp3) is 0.472. The summed E-state index contributed by atoms with van der Waals surface area (Å²) in [5.41, 5.74) is -2.57. The van der Waals surface area contributed by atoms with Gasteiger partial charge in [-0.2, -0.15) is 30.1 Å². The fourth-order valence-electron chi connectivity index (χ4n) is 12.0. The Morgan fingerprint density at radius 2 is 1.38 bits per heavy atom. The first-order chi connectivity index (χ1) is 49.9. The first-order valence-electron chi connectivity index (χ1n) is 34.7. The topological polar surface area (TPSA) is 377 Å². The molecule has 560 valence electrons. The number of aromatic nitrogens is 8. The summed E-state index contributed by atoms with van der Waals surface area (Å²) in [7, 11) is -5.54. The number of unbranched alkanes of at least 4 members (excludes halogenated alkanes) is 1. The van der Waals surface area contributed by atoms with E-state index in [1.807, 2.05) is 101 Å². The van der Waals surface area contributed by atoms with Crippen LogP contribution in [0, 0.1) is 11.8 Å². The highest BCUT2D eigenvalue weighted by atomic mass is 31.2. The molecule has 0 radical (unpaired) electrons. The monoisotopic (exact) mass is 1480 g/mol. The zero-order valence-electron chi connectivity index (χ0n) is 59.6. The maximum atomic E-state index is 14.8. The van der Waals surface area contributed by atoms with Crippen molar-refractivity contribution in [3.63, 3.8) is 0 Å². The minimum absolute atomic E-state index is 0.000197. The van der Waals surface area contributed by atoms with E-state index in [0.29, 0.717) is 79.2 Å². The summed E-state index contributed by atoms with van der Waals surface area (Å²) in [6.07, 6.45) is 6.52. The van der Waals surface area contributed by atoms with Crippen LogP contribution in [0.15, 0.2) is 135 Å². The summed E-state index contributed by atoms with van der Waals surface area (Å²) in [4.78, 5) is 53.5. The summed E-state index contributed by atoms with van der Waals surface area (Å²) < 4.78 is 92.2. The Labute approximate surface area is 603 Å². The number of anilines is 2. The molecular weight excluding hydrogens is 1380 g/mol. The van der Waals surface area contributed by atoms with Crippen LogP contribution in [0.1, 0.15) is 105 Å². The van der Waals surface area contributed by atoms with Crippen molar-refractivity contribution in [1.29, 1.82) is 0 Å². The van der Waals surface area contributed by atoms with Crippen molar-refractivity contribution in [3.8, 4) is 23.3 Å². The molecule has 0 spiro atoms. The van der Waals surface area contributed by atoms with Crippen molar-refractivity contribution in [3.05, 3.63) is 135 Å². The molecule has 2 fully saturated rings. The first kappa shape index (κ1) is 78.1. The predicted octanol–water partition coefficient (Wildman–Crippen LogP) is 10.6. The summed E-state index contributed by atoms with van der Waals surface area (Å²) in [5, 5.41) is 60.6. The average Bonchev–Trinajstić information content (AvgIpc) is 1.60. The van der Waals surface area contributed by atoms with Crippen LogP contribution >= 0.6 is 15.5 Å². The smallest absolute Gasteiger partial charge is 0.459 e. The Hall–Kier alpha value is -8.48. The van der Waals surface area contributed by atoms with Crippen LogP contribution in [0.25, 0.3) is 43.9 Å². The third-order valence-electron chi connectivity index (χ3n) is 17.4. The normalized spacial score (nSPS) is 24.9. The average molecular weight is 1480 g/mol. The van der Waals surface area contributed by atoms with E-state index in [0.717, 1.165) is 10.8 Å². The van der Waals surface area contributed by atoms with E-state index in [4.69, 9.17) is 46.5 Å². The minimum Gasteiger partial charge on any atom is -0.476 e. The number of hydrogen-bond acceptors (Lipinski definition) is 26. The summed E-state index contributed by atoms with van der Waals surface area (Å²) in [6, 6.07) is 23.3. The number of cyclic esters (lactones) is 1. The SMILES string of the molecule is C=CCCCOC(=O)[C@H](CC(C)C)NP(=O)(OCC1OC(n2cnc3c(OCCC=C)nc(NC)nc32)[C@](C)(O)[C@@H]1O)Oc1cccc2ccccc12.CNc1nc2c3ncn(c3n1)C1OC(COP(=O)(Oc3cccc4ccccc34)N[C@@H](CC(C)C)C(=O)OCCCC=CCCO2)[C@@H](O)[C@@]1(C)O. The number of nitrogens with zero attached hydrogens (tertiary/aromatic N) is 8. The lowest BCUT2D eigenvalue weighted by Crippen LogP contribution is -2.44. The van der Waals surface area contributed by atoms with Gasteiger partial charge in [0.05, 0.1) is 52.3 Å². The van der Waals surface area contributed by atoms with Gasteiger partial charge in [-0.15, -0.1) is 13.2 Å². The lowest BCUT2D eigenvalue weighted by atomic mass is 9.96. The number of imidazole rings is 2. The maximum absolute atomic E-state index is 14.8. The van der Waals surface area contributed by atoms with E-state index in [9.17, 15) is 39.1 Å². The molecule has 0 amide bonds. The summed E-state index contributed by atoms with van der Waals surface area (Å²) >= 11 is 0. The molecule has 4 aromatic carbocycles. The van der Waals surface area contributed by atoms with Crippen molar-refractivity contribution in [2.45, 2.75) is 153 Å². The number of aliphatic hydroxyl groups is 4. The number of carbonyl (C=O) groups excluding carboxylic acids is 2. The Bertz CT molecular complexity index is 4390. The van der Waals surface area contributed by atoms with Gasteiger partial charge >= 0.3 is 27.4 Å². The molecule has 2 saturated heterocycles. The molecule has 12 atom stereocenters. The van der Waals surface area contributed by atoms with E-state index in [1.54, 1.807) is 50.5 Å². The number of rotatable bonds is 25. The molecule has 6 bridgehead atoms. The van der Waals surface area contributed by atoms with Crippen molar-refractivity contribution in [1.82, 2.24) is 49.2 Å². The lowest BCUT2D eigenvalue weighted by Gasteiger charge is -2.28. The van der Waals surface area contributed by atoms with Gasteiger partial charge in [0.2, 0.25) is 23.7 Å². The number of allylic oxidation sites excluding steroid dienone is 2. The molecule has 104 heavy (non-hydrogen) atoms. The van der Waals surface area contributed by atoms with Gasteiger partial charge in [0, 0.05) is 24.9 Å². The van der Waals surface area contributed by atoms with Crippen LogP contribution in [-0.2, 0) is 46.7 Å². The second-order valence-electron chi connectivity index (χ2n) is 26.5. The van der Waals surface area contributed by atoms with Crippen molar-refractivity contribution < 1.29 is 85.7 Å². The van der Waals surface area contributed by atoms with E-state index in [-0.39, 0.29) is 78.7 Å². The Kier molecular flexibility index (Phi) is 26.3. The zero-order valence-corrected chi connectivity index (χ0v) is 61.4. The number of ether oxygens (including phenoxy) is 6. The molecule has 7 heterocycles. The van der Waals surface area contributed by atoms with Crippen LogP contribution < -0.4 is 39.3 Å². The summed E-state index contributed by atoms with van der Waals surface area (Å²) in [5.74, 6) is 0.242. The highest BCUT2D eigenvalue weighted by Gasteiger charge is 2.56. The molecule has 0 saturated carbocycles. The van der Waals surface area contributed by atoms with Gasteiger partial charge in [-0.05, 0) is 100.0 Å². The minimum atomic E-state index is -4.44. The highest BCUT2D eigenvalue weighted by molar-refractivity contribution is 7.52. The zero-order chi connectivity index (χ0) is 74.3. The Balaban J connectivity index is 0.000000223. The Morgan fingerprint density at radius 3 is 2.06 bits per heavy atom. The van der Waals surface area contributed by atoms with Crippen LogP contribution in [0.4, 0.5) is 11.9 Å². The van der Waals surface area contributed by atoms with E-state index >= 15 is 0 Å². The van der Waals surface area contributed by atoms with Gasteiger partial charge in [-0.1, -0.05) is 125 Å². The maximum Gasteiger partial charge on any atom is 0.459 e. The second kappa shape index (κ2) is 35.1. The molecule has 4 aromatic heterocycles. The lowest BCUT2D eigenvalue weighted by molar-refractivity contribution is -0.147. The Morgan fingerprint density at radius 1 is 0.769 bits per heavy atom. The molecule has 3 aliphatic rings. The molecule has 3 aliphatic heterocycles. The van der Waals surface area contributed by atoms with Gasteiger partial charge in [0.25, 0.3) is 0 Å². The standard InChI is InChI=1S/C37H49N6O9P.C35H45N6O9P/c1-7-9-13-20-49-34(45)27(21-24(3)4)42-53(47,52-28-18-14-16-25-15-11-12-17-26(25)28)50-22-29-31(44)37(5,46)35(51-29)43-23-39-30-32(43)40-36(38-6)41-33(30)48-19-10-8-2;1-22(2)19-25-32(43)47-18-11-7-5-6-10-17-46-31-28-30(38-34(36-4)39-31)41(21-37-28)33-35(3,44)29(42)27(49-33)20-48-51(45,40-25)50-26-16-12-14-23-13-8-9-15-24(23)26/h7-8,11-12,14-18,23-24,27,29,31,35,44,46H,1-2,9-10,13,19-22H2,3-6H3,(H,42,47)(H,38,40,41);5-6,8-9,12-16,21-22,25,27,29,33,42,44H,7,10-11,17-20H2,1-4H3,(H,40,45)(H,36,38,39)/t27-,29?,31+,35?,37+,53?;25-,27?,29+,33?,35+,51?/m00/s1. The van der Waals surface area contributed by atoms with Crippen LogP contribution in [0.2, 0.25) is 0 Å². The number of aliphatic hydroxyl groups excluding tert-OH is 2. The van der Waals surface area contributed by atoms with Gasteiger partial charge in [0.1, 0.15) is 59.2 Å². The van der Waals surface area contributed by atoms with Crippen molar-refractivity contribution in [2.75, 3.05) is 64.4 Å². The molecule has 0 aliphatic carbocycles. The second-order valence-corrected chi connectivity index (χ2v) is 29.9. The number of hydrogen-bond donors (Lipinski definition) is 8. The molecule has 8 N–H and O–H groups in total. The predicted molar refractivity (Wildman–Crippen MR) is 390 cm³/mol. The van der Waals surface area contributed by atoms with E-state index in [1.165, 1.54) is 35.6 Å². The number of carbonyl (C=O) groups is 2. The molecule has 32 heteroatoms. The molecule has 11 rings (SSSR count). The van der Waals surface area contributed by atoms with Crippen LogP contribution in [0.5, 0.6) is 23.3 Å². The number of benzene rings is 4. The van der Waals surface area contributed by atoms with Gasteiger partial charge in [0.15, 0.2) is 34.8 Å². The number of esters is 2. The molecule has 30 nitrogen and oxygen atoms in total. The van der Waals surface area contributed by atoms with Gasteiger partial charge < -0.3 is 68.5 Å². The van der Waals surface area contributed by atoms with E-state index in [2.05, 4.69) is 63.9 Å². The van der Waals surface area contributed by atoms with Crippen molar-refractivity contribution in [2.24, 2.45) is 11.8 Å². The van der Waals surface area contributed by atoms with Gasteiger partial charge in [-0.3, -0.25) is 27.8 Å².